The molecule has 0 radical (unpaired) electrons. The number of nitrogens with one attached hydrogen (secondary N) is 1. The van der Waals surface area contributed by atoms with E-state index in [-0.39, 0.29) is 18.4 Å². The first kappa shape index (κ1) is 20.4. The lowest BCUT2D eigenvalue weighted by Crippen LogP contribution is -2.50. The second-order valence-corrected chi connectivity index (χ2v) is 8.18. The van der Waals surface area contributed by atoms with E-state index >= 15 is 0 Å². The molecule has 1 aromatic rings. The van der Waals surface area contributed by atoms with Crippen LogP contribution in [0.25, 0.3) is 0 Å². The lowest BCUT2D eigenvalue weighted by atomic mass is 9.75. The zero-order chi connectivity index (χ0) is 20.3. The van der Waals surface area contributed by atoms with Crippen LogP contribution in [-0.4, -0.2) is 46.8 Å². The highest BCUT2D eigenvalue weighted by atomic mass is 16.2. The molecule has 1 aliphatic heterocycles. The Kier molecular flexibility index (Phi) is 6.06. The van der Waals surface area contributed by atoms with E-state index in [0.29, 0.717) is 25.3 Å². The van der Waals surface area contributed by atoms with Crippen molar-refractivity contribution in [3.63, 3.8) is 0 Å². The van der Waals surface area contributed by atoms with Crippen molar-refractivity contribution >= 4 is 17.8 Å². The van der Waals surface area contributed by atoms with Gasteiger partial charge >= 0.3 is 6.03 Å². The van der Waals surface area contributed by atoms with Crippen LogP contribution in [0.5, 0.6) is 0 Å². The predicted octanol–water partition coefficient (Wildman–Crippen LogP) is 3.10. The first-order valence-electron chi connectivity index (χ1n) is 10.3. The minimum Gasteiger partial charge on any atom is -0.340 e. The number of imide groups is 1. The van der Waals surface area contributed by atoms with Crippen molar-refractivity contribution in [1.29, 1.82) is 0 Å². The van der Waals surface area contributed by atoms with E-state index in [1.807, 2.05) is 12.1 Å². The van der Waals surface area contributed by atoms with Gasteiger partial charge < -0.3 is 10.2 Å². The number of carbonyl (C=O) groups is 3. The average molecular weight is 386 g/mol. The number of carbonyl (C=O) groups excluding carboxylic acids is 3. The fraction of sp³-hybridized carbons (Fsp3) is 0.591. The number of likely N-dealkylation sites (N-methyl/N-ethyl adjacent to an activating group) is 1. The summed E-state index contributed by atoms with van der Waals surface area (Å²) in [6.45, 7) is 4.52. The quantitative estimate of drug-likeness (QED) is 0.765. The number of urea groups is 1. The van der Waals surface area contributed by atoms with Crippen molar-refractivity contribution in [1.82, 2.24) is 15.1 Å². The van der Waals surface area contributed by atoms with E-state index in [1.54, 1.807) is 11.9 Å². The fourth-order valence-electron chi connectivity index (χ4n) is 4.24. The summed E-state index contributed by atoms with van der Waals surface area (Å²) < 4.78 is 0. The second-order valence-electron chi connectivity index (χ2n) is 8.18. The summed E-state index contributed by atoms with van der Waals surface area (Å²) in [4.78, 5) is 40.7. The van der Waals surface area contributed by atoms with Gasteiger partial charge in [0.2, 0.25) is 5.91 Å². The molecule has 1 saturated carbocycles. The molecule has 6 heteroatoms. The van der Waals surface area contributed by atoms with Gasteiger partial charge in [-0.25, -0.2) is 4.79 Å². The van der Waals surface area contributed by atoms with Crippen LogP contribution in [0.15, 0.2) is 24.3 Å². The molecule has 0 bridgehead atoms. The molecule has 152 valence electrons. The Morgan fingerprint density at radius 3 is 2.32 bits per heavy atom. The SMILES string of the molecule is CCc1ccc(CN(C)C(=O)CN2C(=O)NC3(CCC(CC)CC3)C2=O)cc1. The van der Waals surface area contributed by atoms with Crippen molar-refractivity contribution in [2.75, 3.05) is 13.6 Å². The highest BCUT2D eigenvalue weighted by molar-refractivity contribution is 6.09. The normalized spacial score (nSPS) is 24.5. The summed E-state index contributed by atoms with van der Waals surface area (Å²) in [5, 5.41) is 2.89. The van der Waals surface area contributed by atoms with Gasteiger partial charge in [0.1, 0.15) is 12.1 Å². The minimum atomic E-state index is -0.794. The molecule has 1 N–H and O–H groups in total. The molecule has 2 aliphatic rings. The third kappa shape index (κ3) is 4.05. The summed E-state index contributed by atoms with van der Waals surface area (Å²) in [5.74, 6) is 0.153. The number of nitrogens with zero attached hydrogens (tertiary/aromatic N) is 2. The van der Waals surface area contributed by atoms with Crippen LogP contribution < -0.4 is 5.32 Å². The van der Waals surface area contributed by atoms with Crippen molar-refractivity contribution in [3.8, 4) is 0 Å². The van der Waals surface area contributed by atoms with E-state index in [1.165, 1.54) is 5.56 Å². The van der Waals surface area contributed by atoms with E-state index in [4.69, 9.17) is 0 Å². The largest absolute Gasteiger partial charge is 0.340 e. The van der Waals surface area contributed by atoms with Crippen molar-refractivity contribution in [2.24, 2.45) is 5.92 Å². The molecule has 28 heavy (non-hydrogen) atoms. The molecule has 1 aliphatic carbocycles. The van der Waals surface area contributed by atoms with E-state index in [9.17, 15) is 14.4 Å². The van der Waals surface area contributed by atoms with Gasteiger partial charge in [-0.3, -0.25) is 14.5 Å². The maximum absolute atomic E-state index is 12.9. The number of hydrogen-bond acceptors (Lipinski definition) is 3. The smallest absolute Gasteiger partial charge is 0.325 e. The monoisotopic (exact) mass is 385 g/mol. The van der Waals surface area contributed by atoms with Crippen LogP contribution in [0, 0.1) is 5.92 Å². The first-order chi connectivity index (χ1) is 13.4. The van der Waals surface area contributed by atoms with Crippen LogP contribution in [0.3, 0.4) is 0 Å². The minimum absolute atomic E-state index is 0.201. The summed E-state index contributed by atoms with van der Waals surface area (Å²) in [6, 6.07) is 7.70. The Morgan fingerprint density at radius 1 is 1.14 bits per heavy atom. The van der Waals surface area contributed by atoms with Gasteiger partial charge in [0.15, 0.2) is 0 Å². The van der Waals surface area contributed by atoms with Gasteiger partial charge in [-0.05, 0) is 49.1 Å². The number of amides is 4. The third-order valence-corrected chi connectivity index (χ3v) is 6.35. The molecule has 4 amide bonds. The third-order valence-electron chi connectivity index (χ3n) is 6.35. The molecule has 6 nitrogen and oxygen atoms in total. The Hall–Kier alpha value is -2.37. The Balaban J connectivity index is 1.60. The maximum Gasteiger partial charge on any atom is 0.325 e. The summed E-state index contributed by atoms with van der Waals surface area (Å²) >= 11 is 0. The van der Waals surface area contributed by atoms with Gasteiger partial charge in [0.25, 0.3) is 5.91 Å². The molecule has 0 aromatic heterocycles. The fourth-order valence-corrected chi connectivity index (χ4v) is 4.24. The lowest BCUT2D eigenvalue weighted by Gasteiger charge is -2.34. The first-order valence-corrected chi connectivity index (χ1v) is 10.3. The van der Waals surface area contributed by atoms with Gasteiger partial charge in [-0.15, -0.1) is 0 Å². The molecule has 0 unspecified atom stereocenters. The van der Waals surface area contributed by atoms with Crippen molar-refractivity contribution in [3.05, 3.63) is 35.4 Å². The zero-order valence-corrected chi connectivity index (χ0v) is 17.2. The molecule has 1 heterocycles. The van der Waals surface area contributed by atoms with Gasteiger partial charge in [0, 0.05) is 13.6 Å². The van der Waals surface area contributed by atoms with Gasteiger partial charge in [-0.1, -0.05) is 44.5 Å². The summed E-state index contributed by atoms with van der Waals surface area (Å²) in [5.41, 5.74) is 1.48. The molecule has 1 spiro atoms. The van der Waals surface area contributed by atoms with Crippen molar-refractivity contribution < 1.29 is 14.4 Å². The molecule has 0 atom stereocenters. The Bertz CT molecular complexity index is 736. The molecule has 2 fully saturated rings. The van der Waals surface area contributed by atoms with Crippen molar-refractivity contribution in [2.45, 2.75) is 64.5 Å². The number of hydrogen-bond donors (Lipinski definition) is 1. The summed E-state index contributed by atoms with van der Waals surface area (Å²) in [6.07, 6.45) is 5.29. The predicted molar refractivity (Wildman–Crippen MR) is 108 cm³/mol. The zero-order valence-electron chi connectivity index (χ0n) is 17.2. The highest BCUT2D eigenvalue weighted by Gasteiger charge is 2.52. The highest BCUT2D eigenvalue weighted by Crippen LogP contribution is 2.37. The van der Waals surface area contributed by atoms with E-state index in [2.05, 4.69) is 31.3 Å². The standard InChI is InChI=1S/C22H31N3O3/c1-4-16-6-8-18(9-7-16)14-24(3)19(26)15-25-20(27)22(23-21(25)28)12-10-17(5-2)11-13-22/h6-9,17H,4-5,10-15H2,1-3H3,(H,23,28). The maximum atomic E-state index is 12.9. The number of rotatable bonds is 6. The van der Waals surface area contributed by atoms with E-state index < -0.39 is 11.6 Å². The van der Waals surface area contributed by atoms with Crippen LogP contribution in [0.1, 0.15) is 57.1 Å². The Labute approximate surface area is 167 Å². The molecular weight excluding hydrogens is 354 g/mol. The molecule has 3 rings (SSSR count). The second kappa shape index (κ2) is 8.33. The van der Waals surface area contributed by atoms with Gasteiger partial charge in [0.05, 0.1) is 0 Å². The summed E-state index contributed by atoms with van der Waals surface area (Å²) in [7, 11) is 1.71. The number of benzene rings is 1. The topological polar surface area (TPSA) is 69.7 Å². The van der Waals surface area contributed by atoms with Crippen LogP contribution >= 0.6 is 0 Å². The van der Waals surface area contributed by atoms with E-state index in [0.717, 1.165) is 36.1 Å². The Morgan fingerprint density at radius 2 is 1.75 bits per heavy atom. The molecular formula is C22H31N3O3. The number of aryl methyl sites for hydroxylation is 1. The van der Waals surface area contributed by atoms with Crippen LogP contribution in [-0.2, 0) is 22.6 Å². The average Bonchev–Trinajstić information content (AvgIpc) is 2.93. The van der Waals surface area contributed by atoms with Crippen LogP contribution in [0.4, 0.5) is 4.79 Å². The molecule has 1 aromatic carbocycles. The lowest BCUT2D eigenvalue weighted by molar-refractivity contribution is -0.139. The molecule has 1 saturated heterocycles. The van der Waals surface area contributed by atoms with Crippen LogP contribution in [0.2, 0.25) is 0 Å². The van der Waals surface area contributed by atoms with Gasteiger partial charge in [-0.2, -0.15) is 0 Å².